The van der Waals surface area contributed by atoms with Gasteiger partial charge >= 0.3 is 6.09 Å². The van der Waals surface area contributed by atoms with Gasteiger partial charge in [-0.05, 0) is 27.2 Å². The topological polar surface area (TPSA) is 67.9 Å². The standard InChI is InChI=1S/C12H22N2O4/c1-12(2,3)18-11(16)13-9-5-6-14(10(9)15)7-8-17-4/h9H,5-8H2,1-4H3,(H,13,16)/t9-/m0/s1. The summed E-state index contributed by atoms with van der Waals surface area (Å²) in [5.74, 6) is -0.0714. The third-order valence-corrected chi connectivity index (χ3v) is 2.55. The molecule has 1 aliphatic rings. The first-order valence-corrected chi connectivity index (χ1v) is 6.11. The molecule has 0 bridgehead atoms. The summed E-state index contributed by atoms with van der Waals surface area (Å²) in [5, 5.41) is 2.60. The summed E-state index contributed by atoms with van der Waals surface area (Å²) in [4.78, 5) is 25.2. The fourth-order valence-corrected chi connectivity index (χ4v) is 1.75. The van der Waals surface area contributed by atoms with E-state index in [-0.39, 0.29) is 5.91 Å². The Labute approximate surface area is 108 Å². The Morgan fingerprint density at radius 2 is 2.17 bits per heavy atom. The molecule has 0 radical (unpaired) electrons. The van der Waals surface area contributed by atoms with Gasteiger partial charge in [-0.3, -0.25) is 4.79 Å². The van der Waals surface area contributed by atoms with Crippen molar-refractivity contribution in [2.75, 3.05) is 26.8 Å². The van der Waals surface area contributed by atoms with Gasteiger partial charge in [-0.25, -0.2) is 4.79 Å². The van der Waals surface area contributed by atoms with Crippen LogP contribution in [0.25, 0.3) is 0 Å². The zero-order chi connectivity index (χ0) is 13.8. The Balaban J connectivity index is 2.40. The zero-order valence-electron chi connectivity index (χ0n) is 11.5. The highest BCUT2D eigenvalue weighted by atomic mass is 16.6. The van der Waals surface area contributed by atoms with Crippen LogP contribution < -0.4 is 5.32 Å². The highest BCUT2D eigenvalue weighted by Crippen LogP contribution is 2.12. The summed E-state index contributed by atoms with van der Waals surface area (Å²) >= 11 is 0. The summed E-state index contributed by atoms with van der Waals surface area (Å²) < 4.78 is 10.0. The van der Waals surface area contributed by atoms with Crippen molar-refractivity contribution in [1.82, 2.24) is 10.2 Å². The van der Waals surface area contributed by atoms with Crippen molar-refractivity contribution in [3.8, 4) is 0 Å². The molecule has 1 aliphatic heterocycles. The monoisotopic (exact) mass is 258 g/mol. The largest absolute Gasteiger partial charge is 0.444 e. The molecule has 1 N–H and O–H groups in total. The van der Waals surface area contributed by atoms with Gasteiger partial charge in [0, 0.05) is 20.2 Å². The van der Waals surface area contributed by atoms with Crippen LogP contribution in [0.5, 0.6) is 0 Å². The lowest BCUT2D eigenvalue weighted by atomic mass is 10.2. The van der Waals surface area contributed by atoms with Crippen molar-refractivity contribution >= 4 is 12.0 Å². The summed E-state index contributed by atoms with van der Waals surface area (Å²) in [5.41, 5.74) is -0.554. The molecule has 0 aromatic carbocycles. The third-order valence-electron chi connectivity index (χ3n) is 2.55. The minimum Gasteiger partial charge on any atom is -0.444 e. The Kier molecular flexibility index (Phi) is 4.95. The van der Waals surface area contributed by atoms with E-state index in [0.29, 0.717) is 26.1 Å². The molecule has 18 heavy (non-hydrogen) atoms. The number of likely N-dealkylation sites (tertiary alicyclic amines) is 1. The average molecular weight is 258 g/mol. The predicted octanol–water partition coefficient (Wildman–Crippen LogP) is 0.758. The van der Waals surface area contributed by atoms with Crippen molar-refractivity contribution < 1.29 is 19.1 Å². The number of amides is 2. The molecule has 1 heterocycles. The van der Waals surface area contributed by atoms with E-state index in [4.69, 9.17) is 9.47 Å². The third kappa shape index (κ3) is 4.52. The number of carbonyl (C=O) groups is 2. The van der Waals surface area contributed by atoms with Crippen LogP contribution in [0.4, 0.5) is 4.79 Å². The molecule has 6 heteroatoms. The van der Waals surface area contributed by atoms with Gasteiger partial charge in [-0.1, -0.05) is 0 Å². The number of nitrogens with one attached hydrogen (secondary N) is 1. The van der Waals surface area contributed by atoms with Gasteiger partial charge in [0.05, 0.1) is 6.61 Å². The molecule has 1 fully saturated rings. The van der Waals surface area contributed by atoms with Gasteiger partial charge in [0.1, 0.15) is 11.6 Å². The predicted molar refractivity (Wildman–Crippen MR) is 66.2 cm³/mol. The SMILES string of the molecule is COCCN1CC[C@H](NC(=O)OC(C)(C)C)C1=O. The molecular formula is C12H22N2O4. The molecule has 1 saturated heterocycles. The minimum absolute atomic E-state index is 0.0714. The molecule has 0 aliphatic carbocycles. The number of hydrogen-bond acceptors (Lipinski definition) is 4. The Hall–Kier alpha value is -1.30. The van der Waals surface area contributed by atoms with Crippen molar-refractivity contribution in [2.45, 2.75) is 38.8 Å². The van der Waals surface area contributed by atoms with Crippen LogP contribution in [-0.2, 0) is 14.3 Å². The van der Waals surface area contributed by atoms with E-state index in [1.807, 2.05) is 0 Å². The smallest absolute Gasteiger partial charge is 0.408 e. The Morgan fingerprint density at radius 3 is 2.72 bits per heavy atom. The van der Waals surface area contributed by atoms with Crippen LogP contribution in [0.3, 0.4) is 0 Å². The van der Waals surface area contributed by atoms with Crippen molar-refractivity contribution in [1.29, 1.82) is 0 Å². The lowest BCUT2D eigenvalue weighted by Crippen LogP contribution is -2.44. The Bertz CT molecular complexity index is 312. The molecule has 0 spiro atoms. The Morgan fingerprint density at radius 1 is 1.50 bits per heavy atom. The van der Waals surface area contributed by atoms with Gasteiger partial charge in [0.2, 0.25) is 5.91 Å². The first-order valence-electron chi connectivity index (χ1n) is 6.11. The molecule has 0 saturated carbocycles. The summed E-state index contributed by atoms with van der Waals surface area (Å²) in [6.07, 6.45) is 0.0661. The highest BCUT2D eigenvalue weighted by Gasteiger charge is 2.33. The average Bonchev–Trinajstić information content (AvgIpc) is 2.55. The maximum absolute atomic E-state index is 11.9. The second kappa shape index (κ2) is 6.04. The second-order valence-electron chi connectivity index (χ2n) is 5.31. The van der Waals surface area contributed by atoms with Gasteiger partial charge < -0.3 is 19.7 Å². The molecule has 104 valence electrons. The number of rotatable bonds is 4. The molecule has 0 aromatic heterocycles. The van der Waals surface area contributed by atoms with E-state index in [2.05, 4.69) is 5.32 Å². The van der Waals surface area contributed by atoms with E-state index >= 15 is 0 Å². The van der Waals surface area contributed by atoms with E-state index in [1.54, 1.807) is 32.8 Å². The molecule has 0 aromatic rings. The normalized spacial score (nSPS) is 20.1. The van der Waals surface area contributed by atoms with Crippen molar-refractivity contribution in [3.05, 3.63) is 0 Å². The van der Waals surface area contributed by atoms with E-state index in [9.17, 15) is 9.59 Å². The minimum atomic E-state index is -0.554. The van der Waals surface area contributed by atoms with E-state index < -0.39 is 17.7 Å². The number of ether oxygens (including phenoxy) is 2. The lowest BCUT2D eigenvalue weighted by molar-refractivity contribution is -0.129. The van der Waals surface area contributed by atoms with Crippen molar-refractivity contribution in [3.63, 3.8) is 0 Å². The molecule has 1 rings (SSSR count). The summed E-state index contributed by atoms with van der Waals surface area (Å²) in [7, 11) is 1.59. The molecular weight excluding hydrogens is 236 g/mol. The van der Waals surface area contributed by atoms with Crippen LogP contribution in [0.1, 0.15) is 27.2 Å². The van der Waals surface area contributed by atoms with E-state index in [1.165, 1.54) is 0 Å². The first kappa shape index (κ1) is 14.8. The number of nitrogens with zero attached hydrogens (tertiary/aromatic N) is 1. The number of hydrogen-bond donors (Lipinski definition) is 1. The maximum atomic E-state index is 11.9. The molecule has 0 unspecified atom stereocenters. The van der Waals surface area contributed by atoms with Crippen LogP contribution in [-0.4, -0.2) is 55.3 Å². The highest BCUT2D eigenvalue weighted by molar-refractivity contribution is 5.87. The van der Waals surface area contributed by atoms with Crippen LogP contribution in [0, 0.1) is 0 Å². The zero-order valence-corrected chi connectivity index (χ0v) is 11.5. The van der Waals surface area contributed by atoms with Crippen molar-refractivity contribution in [2.24, 2.45) is 0 Å². The second-order valence-corrected chi connectivity index (χ2v) is 5.31. The molecule has 2 amide bonds. The summed E-state index contributed by atoms with van der Waals surface area (Å²) in [6, 6.07) is -0.475. The molecule has 6 nitrogen and oxygen atoms in total. The number of methoxy groups -OCH3 is 1. The lowest BCUT2D eigenvalue weighted by Gasteiger charge is -2.21. The fraction of sp³-hybridized carbons (Fsp3) is 0.833. The number of carbonyl (C=O) groups excluding carboxylic acids is 2. The maximum Gasteiger partial charge on any atom is 0.408 e. The van der Waals surface area contributed by atoms with Crippen LogP contribution in [0.2, 0.25) is 0 Å². The fourth-order valence-electron chi connectivity index (χ4n) is 1.75. The van der Waals surface area contributed by atoms with Gasteiger partial charge in [0.15, 0.2) is 0 Å². The van der Waals surface area contributed by atoms with Gasteiger partial charge in [-0.2, -0.15) is 0 Å². The van der Waals surface area contributed by atoms with Gasteiger partial charge in [0.25, 0.3) is 0 Å². The number of alkyl carbamates (subject to hydrolysis) is 1. The van der Waals surface area contributed by atoms with Gasteiger partial charge in [-0.15, -0.1) is 0 Å². The first-order chi connectivity index (χ1) is 8.33. The van der Waals surface area contributed by atoms with Crippen LogP contribution in [0.15, 0.2) is 0 Å². The molecule has 1 atom stereocenters. The van der Waals surface area contributed by atoms with Crippen LogP contribution >= 0.6 is 0 Å². The van der Waals surface area contributed by atoms with E-state index in [0.717, 1.165) is 0 Å². The summed E-state index contributed by atoms with van der Waals surface area (Å²) in [6.45, 7) is 7.06. The quantitative estimate of drug-likeness (QED) is 0.808.